The molecule has 0 saturated heterocycles. The van der Waals surface area contributed by atoms with E-state index in [0.29, 0.717) is 26.7 Å². The molecule has 3 aromatic rings. The van der Waals surface area contributed by atoms with Gasteiger partial charge >= 0.3 is 0 Å². The van der Waals surface area contributed by atoms with Crippen LogP contribution in [0.4, 0.5) is 10.8 Å². The van der Waals surface area contributed by atoms with Gasteiger partial charge in [-0.05, 0) is 29.8 Å². The standard InChI is InChI=1S/C17H13N3O5S/c1-25-14-6-2-10(8-13(14)21)3-7-16(22)19-17-18-12-5-4-11(20(23)24)9-15(12)26-17/h2-9,21H,1H3,(H,18,19,22)/b7-3+. The van der Waals surface area contributed by atoms with Crippen LogP contribution < -0.4 is 10.1 Å². The van der Waals surface area contributed by atoms with E-state index >= 15 is 0 Å². The molecule has 132 valence electrons. The minimum absolute atomic E-state index is 0.0252. The molecule has 1 heterocycles. The summed E-state index contributed by atoms with van der Waals surface area (Å²) >= 11 is 1.15. The molecule has 26 heavy (non-hydrogen) atoms. The van der Waals surface area contributed by atoms with Crippen molar-refractivity contribution < 1.29 is 19.6 Å². The van der Waals surface area contributed by atoms with Crippen LogP contribution in [-0.4, -0.2) is 28.0 Å². The summed E-state index contributed by atoms with van der Waals surface area (Å²) in [4.78, 5) is 26.6. The largest absolute Gasteiger partial charge is 0.504 e. The fourth-order valence-electron chi connectivity index (χ4n) is 2.21. The van der Waals surface area contributed by atoms with Crippen LogP contribution in [0, 0.1) is 10.1 Å². The lowest BCUT2D eigenvalue weighted by atomic mass is 10.2. The lowest BCUT2D eigenvalue weighted by Crippen LogP contribution is -2.07. The van der Waals surface area contributed by atoms with Crippen molar-refractivity contribution in [2.45, 2.75) is 0 Å². The van der Waals surface area contributed by atoms with Gasteiger partial charge in [0.2, 0.25) is 5.91 Å². The molecule has 2 N–H and O–H groups in total. The first kappa shape index (κ1) is 17.4. The summed E-state index contributed by atoms with van der Waals surface area (Å²) < 4.78 is 5.56. The van der Waals surface area contributed by atoms with Gasteiger partial charge in [0.15, 0.2) is 16.6 Å². The van der Waals surface area contributed by atoms with Gasteiger partial charge in [-0.25, -0.2) is 4.98 Å². The first-order valence-electron chi connectivity index (χ1n) is 7.37. The van der Waals surface area contributed by atoms with Gasteiger partial charge in [-0.15, -0.1) is 0 Å². The van der Waals surface area contributed by atoms with Crippen molar-refractivity contribution in [3.63, 3.8) is 0 Å². The molecule has 0 aliphatic carbocycles. The van der Waals surface area contributed by atoms with Gasteiger partial charge in [-0.3, -0.25) is 20.2 Å². The number of rotatable bonds is 5. The molecule has 0 saturated carbocycles. The van der Waals surface area contributed by atoms with Gasteiger partial charge in [-0.1, -0.05) is 17.4 Å². The van der Waals surface area contributed by atoms with Crippen LogP contribution in [0.1, 0.15) is 5.56 Å². The lowest BCUT2D eigenvalue weighted by Gasteiger charge is -2.03. The quantitative estimate of drug-likeness (QED) is 0.402. The Balaban J connectivity index is 1.72. The molecule has 0 unspecified atom stereocenters. The molecule has 2 aromatic carbocycles. The first-order chi connectivity index (χ1) is 12.5. The van der Waals surface area contributed by atoms with E-state index in [-0.39, 0.29) is 11.4 Å². The van der Waals surface area contributed by atoms with E-state index in [9.17, 15) is 20.0 Å². The minimum atomic E-state index is -0.482. The fourth-order valence-corrected chi connectivity index (χ4v) is 3.11. The summed E-state index contributed by atoms with van der Waals surface area (Å²) in [5, 5.41) is 23.5. The molecule has 0 spiro atoms. The van der Waals surface area contributed by atoms with Crippen molar-refractivity contribution in [2.75, 3.05) is 12.4 Å². The number of fused-ring (bicyclic) bond motifs is 1. The number of amides is 1. The number of aromatic nitrogens is 1. The number of benzene rings is 2. The first-order valence-corrected chi connectivity index (χ1v) is 8.19. The number of hydrogen-bond acceptors (Lipinski definition) is 7. The molecular weight excluding hydrogens is 358 g/mol. The van der Waals surface area contributed by atoms with Crippen molar-refractivity contribution in [3.8, 4) is 11.5 Å². The Morgan fingerprint density at radius 2 is 2.15 bits per heavy atom. The Bertz CT molecular complexity index is 1030. The number of non-ortho nitro benzene ring substituents is 1. The van der Waals surface area contributed by atoms with Crippen LogP contribution in [0.2, 0.25) is 0 Å². The average Bonchev–Trinajstić information content (AvgIpc) is 3.01. The van der Waals surface area contributed by atoms with Crippen molar-refractivity contribution in [1.82, 2.24) is 4.98 Å². The highest BCUT2D eigenvalue weighted by Gasteiger charge is 2.11. The SMILES string of the molecule is COc1ccc(/C=C/C(=O)Nc2nc3ccc([N+](=O)[O-])cc3s2)cc1O. The summed E-state index contributed by atoms with van der Waals surface area (Å²) in [5.74, 6) is -0.0909. The molecular formula is C17H13N3O5S. The number of anilines is 1. The Morgan fingerprint density at radius 1 is 1.35 bits per heavy atom. The molecule has 9 heteroatoms. The molecule has 0 atom stereocenters. The van der Waals surface area contributed by atoms with Crippen molar-refractivity contribution in [3.05, 3.63) is 58.2 Å². The van der Waals surface area contributed by atoms with E-state index < -0.39 is 10.8 Å². The molecule has 3 rings (SSSR count). The molecule has 1 amide bonds. The van der Waals surface area contributed by atoms with Gasteiger partial charge in [0.1, 0.15) is 0 Å². The number of nitrogens with zero attached hydrogens (tertiary/aromatic N) is 2. The van der Waals surface area contributed by atoms with Gasteiger partial charge < -0.3 is 9.84 Å². The number of thiazole rings is 1. The van der Waals surface area contributed by atoms with Gasteiger partial charge in [0.25, 0.3) is 5.69 Å². The van der Waals surface area contributed by atoms with Crippen LogP contribution >= 0.6 is 11.3 Å². The monoisotopic (exact) mass is 371 g/mol. The Kier molecular flexibility index (Phi) is 4.81. The maximum Gasteiger partial charge on any atom is 0.270 e. The number of aromatic hydroxyl groups is 1. The van der Waals surface area contributed by atoms with E-state index in [2.05, 4.69) is 10.3 Å². The van der Waals surface area contributed by atoms with Crippen LogP contribution in [0.15, 0.2) is 42.5 Å². The number of phenolic OH excluding ortho intramolecular Hbond substituents is 1. The number of nitrogens with one attached hydrogen (secondary N) is 1. The van der Waals surface area contributed by atoms with E-state index in [1.807, 2.05) is 0 Å². The number of phenols is 1. The van der Waals surface area contributed by atoms with Crippen molar-refractivity contribution >= 4 is 44.4 Å². The van der Waals surface area contributed by atoms with Crippen LogP contribution in [0.3, 0.4) is 0 Å². The number of carbonyl (C=O) groups is 1. The summed E-state index contributed by atoms with van der Waals surface area (Å²) in [7, 11) is 1.45. The molecule has 0 fully saturated rings. The normalized spacial score (nSPS) is 11.0. The predicted octanol–water partition coefficient (Wildman–Crippen LogP) is 3.57. The van der Waals surface area contributed by atoms with E-state index in [4.69, 9.17) is 4.74 Å². The molecule has 8 nitrogen and oxygen atoms in total. The Hall–Kier alpha value is -3.46. The lowest BCUT2D eigenvalue weighted by molar-refractivity contribution is -0.384. The third kappa shape index (κ3) is 3.78. The van der Waals surface area contributed by atoms with Crippen molar-refractivity contribution in [1.29, 1.82) is 0 Å². The van der Waals surface area contributed by atoms with Crippen LogP contribution in [0.5, 0.6) is 11.5 Å². The van der Waals surface area contributed by atoms with E-state index in [0.717, 1.165) is 11.3 Å². The minimum Gasteiger partial charge on any atom is -0.504 e. The molecule has 0 radical (unpaired) electrons. The van der Waals surface area contributed by atoms with E-state index in [1.165, 1.54) is 43.5 Å². The Labute approximate surface area is 151 Å². The predicted molar refractivity (Wildman–Crippen MR) is 98.6 cm³/mol. The smallest absolute Gasteiger partial charge is 0.270 e. The zero-order chi connectivity index (χ0) is 18.7. The number of hydrogen-bond donors (Lipinski definition) is 2. The second kappa shape index (κ2) is 7.19. The zero-order valence-electron chi connectivity index (χ0n) is 13.5. The third-order valence-corrected chi connectivity index (χ3v) is 4.38. The summed E-state index contributed by atoms with van der Waals surface area (Å²) in [6.07, 6.45) is 2.84. The average molecular weight is 371 g/mol. The fraction of sp³-hybridized carbons (Fsp3) is 0.0588. The molecule has 0 bridgehead atoms. The van der Waals surface area contributed by atoms with Gasteiger partial charge in [-0.2, -0.15) is 0 Å². The molecule has 0 aliphatic rings. The second-order valence-corrected chi connectivity index (χ2v) is 6.21. The topological polar surface area (TPSA) is 115 Å². The van der Waals surface area contributed by atoms with Crippen molar-refractivity contribution in [2.24, 2.45) is 0 Å². The maximum absolute atomic E-state index is 12.0. The summed E-state index contributed by atoms with van der Waals surface area (Å²) in [6.45, 7) is 0. The zero-order valence-corrected chi connectivity index (χ0v) is 14.3. The van der Waals surface area contributed by atoms with Crippen LogP contribution in [-0.2, 0) is 4.79 Å². The number of nitro benzene ring substituents is 1. The summed E-state index contributed by atoms with van der Waals surface area (Å²) in [6, 6.07) is 9.07. The third-order valence-electron chi connectivity index (χ3n) is 3.44. The van der Waals surface area contributed by atoms with E-state index in [1.54, 1.807) is 12.1 Å². The highest BCUT2D eigenvalue weighted by molar-refractivity contribution is 7.22. The maximum atomic E-state index is 12.0. The number of ether oxygens (including phenoxy) is 1. The Morgan fingerprint density at radius 3 is 2.85 bits per heavy atom. The van der Waals surface area contributed by atoms with Gasteiger partial charge in [0, 0.05) is 18.2 Å². The second-order valence-electron chi connectivity index (χ2n) is 5.18. The molecule has 1 aromatic heterocycles. The molecule has 0 aliphatic heterocycles. The highest BCUT2D eigenvalue weighted by Crippen LogP contribution is 2.29. The van der Waals surface area contributed by atoms with Crippen LogP contribution in [0.25, 0.3) is 16.3 Å². The highest BCUT2D eigenvalue weighted by atomic mass is 32.1. The number of nitro groups is 1. The number of methoxy groups -OCH3 is 1. The van der Waals surface area contributed by atoms with Gasteiger partial charge in [0.05, 0.1) is 22.2 Å². The summed E-state index contributed by atoms with van der Waals surface area (Å²) in [5.41, 5.74) is 1.16. The number of carbonyl (C=O) groups excluding carboxylic acids is 1.